The average molecular weight is 290 g/mol. The molecule has 21 heavy (non-hydrogen) atoms. The molecule has 1 saturated carbocycles. The Balaban J connectivity index is 1.78. The van der Waals surface area contributed by atoms with Crippen LogP contribution in [0.3, 0.4) is 0 Å². The molecule has 0 heterocycles. The summed E-state index contributed by atoms with van der Waals surface area (Å²) in [6.07, 6.45) is 10.5. The third-order valence-electron chi connectivity index (χ3n) is 6.68. The third kappa shape index (κ3) is 2.56. The zero-order valence-corrected chi connectivity index (χ0v) is 14.0. The molecular weight excluding hydrogens is 260 g/mol. The highest BCUT2D eigenvalue weighted by Gasteiger charge is 2.47. The molecule has 3 rings (SSSR count). The zero-order chi connectivity index (χ0) is 15.3. The van der Waals surface area contributed by atoms with E-state index in [9.17, 15) is 5.11 Å². The lowest BCUT2D eigenvalue weighted by Crippen LogP contribution is -2.47. The van der Waals surface area contributed by atoms with Crippen LogP contribution in [0, 0.1) is 17.3 Å². The molecule has 0 spiro atoms. The lowest BCUT2D eigenvalue weighted by Gasteiger charge is -2.51. The first-order valence-corrected chi connectivity index (χ1v) is 8.50. The first kappa shape index (κ1) is 15.1. The van der Waals surface area contributed by atoms with Gasteiger partial charge in [0.1, 0.15) is 0 Å². The van der Waals surface area contributed by atoms with Gasteiger partial charge in [0.15, 0.2) is 0 Å². The van der Waals surface area contributed by atoms with Crippen molar-refractivity contribution in [2.75, 3.05) is 7.11 Å². The first-order valence-electron chi connectivity index (χ1n) is 8.50. The molecule has 3 aliphatic rings. The van der Waals surface area contributed by atoms with Crippen molar-refractivity contribution in [3.05, 3.63) is 23.0 Å². The molecular formula is C19H30O2. The number of fused-ring (bicyclic) bond motifs is 2. The summed E-state index contributed by atoms with van der Waals surface area (Å²) in [5.41, 5.74) is 2.88. The fourth-order valence-corrected chi connectivity index (χ4v) is 4.79. The summed E-state index contributed by atoms with van der Waals surface area (Å²) in [4.78, 5) is 0. The number of ether oxygens (including phenoxy) is 1. The lowest BCUT2D eigenvalue weighted by molar-refractivity contribution is -0.0861. The first-order chi connectivity index (χ1) is 9.84. The van der Waals surface area contributed by atoms with Crippen molar-refractivity contribution in [3.8, 4) is 0 Å². The largest absolute Gasteiger partial charge is 0.501 e. The van der Waals surface area contributed by atoms with Crippen molar-refractivity contribution in [3.63, 3.8) is 0 Å². The molecule has 2 heteroatoms. The van der Waals surface area contributed by atoms with Gasteiger partial charge >= 0.3 is 0 Å². The lowest BCUT2D eigenvalue weighted by atomic mass is 9.55. The van der Waals surface area contributed by atoms with Crippen LogP contribution in [0.4, 0.5) is 0 Å². The SMILES string of the molecule is COC1=CCC2=C(CC[C@H]3C[C@@](C)(C(C)(C)O)CC[C@H]23)C1. The second-order valence-corrected chi connectivity index (χ2v) is 8.15. The molecule has 0 aliphatic heterocycles. The van der Waals surface area contributed by atoms with Gasteiger partial charge in [-0.2, -0.15) is 0 Å². The molecule has 2 nitrogen and oxygen atoms in total. The Bertz CT molecular complexity index is 480. The molecule has 118 valence electrons. The van der Waals surface area contributed by atoms with E-state index < -0.39 is 5.60 Å². The predicted molar refractivity (Wildman–Crippen MR) is 85.8 cm³/mol. The number of methoxy groups -OCH3 is 1. The average Bonchev–Trinajstić information content (AvgIpc) is 2.45. The predicted octanol–water partition coefficient (Wildman–Crippen LogP) is 4.59. The second kappa shape index (κ2) is 5.15. The summed E-state index contributed by atoms with van der Waals surface area (Å²) < 4.78 is 5.45. The molecule has 0 saturated heterocycles. The zero-order valence-electron chi connectivity index (χ0n) is 14.0. The number of aliphatic hydroxyl groups is 1. The van der Waals surface area contributed by atoms with Gasteiger partial charge in [-0.1, -0.05) is 18.1 Å². The molecule has 0 bridgehead atoms. The maximum atomic E-state index is 10.6. The molecule has 0 aromatic carbocycles. The fraction of sp³-hybridized carbons (Fsp3) is 0.789. The van der Waals surface area contributed by atoms with Crippen LogP contribution >= 0.6 is 0 Å². The van der Waals surface area contributed by atoms with Gasteiger partial charge in [0, 0.05) is 6.42 Å². The van der Waals surface area contributed by atoms with Crippen LogP contribution in [0.5, 0.6) is 0 Å². The van der Waals surface area contributed by atoms with Crippen LogP contribution in [0.2, 0.25) is 0 Å². The van der Waals surface area contributed by atoms with E-state index in [1.807, 2.05) is 13.8 Å². The van der Waals surface area contributed by atoms with Crippen LogP contribution in [0.15, 0.2) is 23.0 Å². The van der Waals surface area contributed by atoms with Gasteiger partial charge in [0.2, 0.25) is 0 Å². The minimum atomic E-state index is -0.567. The van der Waals surface area contributed by atoms with Crippen molar-refractivity contribution in [2.45, 2.75) is 71.3 Å². The van der Waals surface area contributed by atoms with Crippen molar-refractivity contribution in [1.82, 2.24) is 0 Å². The molecule has 0 aromatic rings. The Hall–Kier alpha value is -0.760. The highest BCUT2D eigenvalue weighted by Crippen LogP contribution is 2.55. The smallest absolute Gasteiger partial charge is 0.0959 e. The quantitative estimate of drug-likeness (QED) is 0.753. The standard InChI is InChI=1S/C19H30O2/c1-18(2,20)19(3)10-9-17-14(12-19)6-5-13-11-15(21-4)7-8-16(13)17/h7,14,17,20H,5-6,8-12H2,1-4H3/t14-,17-,19-/m0/s1. The van der Waals surface area contributed by atoms with Gasteiger partial charge in [-0.05, 0) is 75.7 Å². The Morgan fingerprint density at radius 1 is 1.33 bits per heavy atom. The van der Waals surface area contributed by atoms with Crippen LogP contribution in [-0.2, 0) is 4.74 Å². The van der Waals surface area contributed by atoms with Crippen LogP contribution in [0.1, 0.15) is 65.7 Å². The summed E-state index contributed by atoms with van der Waals surface area (Å²) >= 11 is 0. The molecule has 3 atom stereocenters. The van der Waals surface area contributed by atoms with E-state index >= 15 is 0 Å². The van der Waals surface area contributed by atoms with E-state index in [-0.39, 0.29) is 5.41 Å². The number of hydrogen-bond acceptors (Lipinski definition) is 2. The van der Waals surface area contributed by atoms with E-state index in [0.29, 0.717) is 0 Å². The van der Waals surface area contributed by atoms with Gasteiger partial charge in [-0.15, -0.1) is 0 Å². The van der Waals surface area contributed by atoms with Crippen LogP contribution in [-0.4, -0.2) is 17.8 Å². The van der Waals surface area contributed by atoms with Crippen molar-refractivity contribution >= 4 is 0 Å². The Morgan fingerprint density at radius 2 is 2.10 bits per heavy atom. The monoisotopic (exact) mass is 290 g/mol. The van der Waals surface area contributed by atoms with E-state index in [1.165, 1.54) is 25.7 Å². The Kier molecular flexibility index (Phi) is 3.72. The summed E-state index contributed by atoms with van der Waals surface area (Å²) in [7, 11) is 1.79. The molecule has 0 aromatic heterocycles. The summed E-state index contributed by atoms with van der Waals surface area (Å²) in [6.45, 7) is 6.28. The maximum Gasteiger partial charge on any atom is 0.0959 e. The summed E-state index contributed by atoms with van der Waals surface area (Å²) in [5.74, 6) is 2.69. The van der Waals surface area contributed by atoms with Gasteiger partial charge < -0.3 is 9.84 Å². The number of hydrogen-bond donors (Lipinski definition) is 1. The normalized spacial score (nSPS) is 36.7. The molecule has 1 fully saturated rings. The van der Waals surface area contributed by atoms with E-state index in [0.717, 1.165) is 36.9 Å². The molecule has 0 radical (unpaired) electrons. The molecule has 3 aliphatic carbocycles. The van der Waals surface area contributed by atoms with E-state index in [2.05, 4.69) is 13.0 Å². The molecule has 1 N–H and O–H groups in total. The van der Waals surface area contributed by atoms with Crippen LogP contribution in [0.25, 0.3) is 0 Å². The van der Waals surface area contributed by atoms with E-state index in [1.54, 1.807) is 18.3 Å². The van der Waals surface area contributed by atoms with Gasteiger partial charge in [0.25, 0.3) is 0 Å². The Labute approximate surface area is 129 Å². The third-order valence-corrected chi connectivity index (χ3v) is 6.68. The van der Waals surface area contributed by atoms with Crippen molar-refractivity contribution < 1.29 is 9.84 Å². The van der Waals surface area contributed by atoms with E-state index in [4.69, 9.17) is 4.74 Å². The maximum absolute atomic E-state index is 10.6. The van der Waals surface area contributed by atoms with Gasteiger partial charge in [-0.25, -0.2) is 0 Å². The number of allylic oxidation sites excluding steroid dienone is 3. The second-order valence-electron chi connectivity index (χ2n) is 8.15. The van der Waals surface area contributed by atoms with Gasteiger partial charge in [-0.3, -0.25) is 0 Å². The summed E-state index contributed by atoms with van der Waals surface area (Å²) in [5, 5.41) is 10.6. The minimum Gasteiger partial charge on any atom is -0.501 e. The number of rotatable bonds is 2. The highest BCUT2D eigenvalue weighted by atomic mass is 16.5. The minimum absolute atomic E-state index is 0.0778. The fourth-order valence-electron chi connectivity index (χ4n) is 4.79. The topological polar surface area (TPSA) is 29.5 Å². The van der Waals surface area contributed by atoms with Crippen molar-refractivity contribution in [2.24, 2.45) is 17.3 Å². The van der Waals surface area contributed by atoms with Gasteiger partial charge in [0.05, 0.1) is 18.5 Å². The van der Waals surface area contributed by atoms with Crippen molar-refractivity contribution in [1.29, 1.82) is 0 Å². The summed E-state index contributed by atoms with van der Waals surface area (Å²) in [6, 6.07) is 0. The highest BCUT2D eigenvalue weighted by molar-refractivity contribution is 5.32. The Morgan fingerprint density at radius 3 is 2.76 bits per heavy atom. The molecule has 0 unspecified atom stereocenters. The molecule has 0 amide bonds. The van der Waals surface area contributed by atoms with Crippen LogP contribution < -0.4 is 0 Å².